The molecule has 0 atom stereocenters. The molecule has 4 rings (SSSR count). The first kappa shape index (κ1) is 17.5. The number of H-pyrrole nitrogens is 1. The number of carbonyl (C=O) groups excluding carboxylic acids is 1. The minimum Gasteiger partial charge on any atom is -0.457 e. The molecule has 0 saturated carbocycles. The lowest BCUT2D eigenvalue weighted by Gasteiger charge is -2.28. The van der Waals surface area contributed by atoms with Crippen molar-refractivity contribution in [3.8, 4) is 11.5 Å². The van der Waals surface area contributed by atoms with Gasteiger partial charge in [-0.15, -0.1) is 0 Å². The van der Waals surface area contributed by atoms with Gasteiger partial charge in [-0.05, 0) is 43.2 Å². The Labute approximate surface area is 157 Å². The number of pyridine rings is 1. The van der Waals surface area contributed by atoms with Crippen molar-refractivity contribution < 1.29 is 14.6 Å². The number of amides is 1. The molecule has 3 aromatic rings. The quantitative estimate of drug-likeness (QED) is 0.646. The molecular formula is C20H22N4O3. The van der Waals surface area contributed by atoms with E-state index < -0.39 is 0 Å². The van der Waals surface area contributed by atoms with Crippen LogP contribution in [0.1, 0.15) is 12.8 Å². The number of aromatic amines is 1. The Morgan fingerprint density at radius 1 is 1.22 bits per heavy atom. The third kappa shape index (κ3) is 4.45. The van der Waals surface area contributed by atoms with Crippen LogP contribution in [0.25, 0.3) is 10.9 Å². The summed E-state index contributed by atoms with van der Waals surface area (Å²) in [5, 5.41) is 13.4. The number of ether oxygens (including phenoxy) is 1. The zero-order valence-corrected chi connectivity index (χ0v) is 14.9. The average Bonchev–Trinajstić information content (AvgIpc) is 3.12. The number of aliphatic hydroxyl groups is 1. The van der Waals surface area contributed by atoms with Gasteiger partial charge < -0.3 is 20.1 Å². The second-order valence-electron chi connectivity index (χ2n) is 6.76. The zero-order valence-electron chi connectivity index (χ0n) is 14.9. The van der Waals surface area contributed by atoms with Gasteiger partial charge in [0.05, 0.1) is 12.6 Å². The van der Waals surface area contributed by atoms with Gasteiger partial charge in [0, 0.05) is 42.5 Å². The summed E-state index contributed by atoms with van der Waals surface area (Å²) in [7, 11) is 0. The van der Waals surface area contributed by atoms with Crippen molar-refractivity contribution in [2.45, 2.75) is 18.9 Å². The highest BCUT2D eigenvalue weighted by Crippen LogP contribution is 2.26. The van der Waals surface area contributed by atoms with Crippen LogP contribution < -0.4 is 10.1 Å². The average molecular weight is 366 g/mol. The van der Waals surface area contributed by atoms with Gasteiger partial charge in [-0.25, -0.2) is 4.98 Å². The predicted molar refractivity (Wildman–Crippen MR) is 103 cm³/mol. The molecule has 2 aromatic heterocycles. The molecule has 1 aliphatic rings. The first-order chi connectivity index (χ1) is 13.2. The zero-order chi connectivity index (χ0) is 18.6. The van der Waals surface area contributed by atoms with Gasteiger partial charge in [0.15, 0.2) is 0 Å². The first-order valence-electron chi connectivity index (χ1n) is 9.07. The number of benzene rings is 1. The van der Waals surface area contributed by atoms with Crippen molar-refractivity contribution in [2.24, 2.45) is 0 Å². The molecule has 27 heavy (non-hydrogen) atoms. The summed E-state index contributed by atoms with van der Waals surface area (Å²) in [6.07, 6.45) is 4.67. The Morgan fingerprint density at radius 2 is 2.04 bits per heavy atom. The first-order valence-corrected chi connectivity index (χ1v) is 9.07. The Balaban J connectivity index is 1.37. The fourth-order valence-corrected chi connectivity index (χ4v) is 3.24. The molecule has 1 aliphatic heterocycles. The molecule has 140 valence electrons. The normalized spacial score (nSPS) is 15.7. The van der Waals surface area contributed by atoms with Gasteiger partial charge in [0.2, 0.25) is 5.91 Å². The van der Waals surface area contributed by atoms with Crippen LogP contribution >= 0.6 is 0 Å². The fraction of sp³-hybridized carbons (Fsp3) is 0.300. The standard InChI is InChI=1S/C20H22N4O3/c25-15-5-9-24(10-6-15)13-20(26)23-19-12-17(4-8-22-19)27-16-1-2-18-14(11-16)3-7-21-18/h1-4,7-8,11-12,15,21,25H,5-6,9-10,13H2,(H,22,23,26). The second kappa shape index (κ2) is 7.77. The molecule has 1 fully saturated rings. The maximum Gasteiger partial charge on any atom is 0.239 e. The van der Waals surface area contributed by atoms with E-state index in [4.69, 9.17) is 4.74 Å². The number of hydrogen-bond donors (Lipinski definition) is 3. The monoisotopic (exact) mass is 366 g/mol. The van der Waals surface area contributed by atoms with Crippen molar-refractivity contribution >= 4 is 22.6 Å². The third-order valence-electron chi connectivity index (χ3n) is 4.68. The number of likely N-dealkylation sites (tertiary alicyclic amines) is 1. The van der Waals surface area contributed by atoms with Gasteiger partial charge in [0.1, 0.15) is 17.3 Å². The number of carbonyl (C=O) groups is 1. The SMILES string of the molecule is O=C(CN1CCC(O)CC1)Nc1cc(Oc2ccc3[nH]ccc3c2)ccn1. The van der Waals surface area contributed by atoms with Gasteiger partial charge in [0.25, 0.3) is 0 Å². The summed E-state index contributed by atoms with van der Waals surface area (Å²) < 4.78 is 5.90. The molecule has 0 unspecified atom stereocenters. The van der Waals surface area contributed by atoms with Crippen LogP contribution in [-0.2, 0) is 4.79 Å². The Morgan fingerprint density at radius 3 is 2.89 bits per heavy atom. The van der Waals surface area contributed by atoms with Crippen LogP contribution in [0.4, 0.5) is 5.82 Å². The largest absolute Gasteiger partial charge is 0.457 e. The van der Waals surface area contributed by atoms with E-state index in [1.165, 1.54) is 0 Å². The Kier molecular flexibility index (Phi) is 5.04. The number of rotatable bonds is 5. The summed E-state index contributed by atoms with van der Waals surface area (Å²) >= 11 is 0. The van der Waals surface area contributed by atoms with Crippen molar-refractivity contribution in [3.05, 3.63) is 48.8 Å². The summed E-state index contributed by atoms with van der Waals surface area (Å²) in [5.74, 6) is 1.66. The van der Waals surface area contributed by atoms with E-state index in [1.54, 1.807) is 18.3 Å². The number of fused-ring (bicyclic) bond motifs is 1. The van der Waals surface area contributed by atoms with E-state index in [-0.39, 0.29) is 12.0 Å². The summed E-state index contributed by atoms with van der Waals surface area (Å²) in [4.78, 5) is 21.6. The van der Waals surface area contributed by atoms with Crippen LogP contribution in [-0.4, -0.2) is 51.6 Å². The second-order valence-corrected chi connectivity index (χ2v) is 6.76. The number of nitrogens with zero attached hydrogens (tertiary/aromatic N) is 2. The van der Waals surface area contributed by atoms with E-state index in [1.807, 2.05) is 35.4 Å². The lowest BCUT2D eigenvalue weighted by atomic mass is 10.1. The lowest BCUT2D eigenvalue weighted by molar-refractivity contribution is -0.117. The van der Waals surface area contributed by atoms with Crippen LogP contribution in [0, 0.1) is 0 Å². The van der Waals surface area contributed by atoms with Crippen molar-refractivity contribution in [1.82, 2.24) is 14.9 Å². The van der Waals surface area contributed by atoms with Gasteiger partial charge in [-0.1, -0.05) is 0 Å². The molecule has 0 spiro atoms. The molecule has 1 aromatic carbocycles. The molecule has 0 bridgehead atoms. The smallest absolute Gasteiger partial charge is 0.239 e. The number of aromatic nitrogens is 2. The van der Waals surface area contributed by atoms with E-state index in [2.05, 4.69) is 15.3 Å². The minimum atomic E-state index is -0.245. The Hall–Kier alpha value is -2.90. The maximum atomic E-state index is 12.2. The van der Waals surface area contributed by atoms with Crippen molar-refractivity contribution in [2.75, 3.05) is 25.0 Å². The number of nitrogens with one attached hydrogen (secondary N) is 2. The minimum absolute atomic E-state index is 0.121. The molecular weight excluding hydrogens is 344 g/mol. The highest BCUT2D eigenvalue weighted by molar-refractivity contribution is 5.91. The highest BCUT2D eigenvalue weighted by atomic mass is 16.5. The number of aliphatic hydroxyl groups excluding tert-OH is 1. The van der Waals surface area contributed by atoms with Gasteiger partial charge in [-0.2, -0.15) is 0 Å². The summed E-state index contributed by atoms with van der Waals surface area (Å²) in [5.41, 5.74) is 1.05. The fourth-order valence-electron chi connectivity index (χ4n) is 3.24. The summed E-state index contributed by atoms with van der Waals surface area (Å²) in [6.45, 7) is 1.75. The van der Waals surface area contributed by atoms with Crippen LogP contribution in [0.2, 0.25) is 0 Å². The molecule has 7 heteroatoms. The number of anilines is 1. The maximum absolute atomic E-state index is 12.2. The van der Waals surface area contributed by atoms with Gasteiger partial charge in [-0.3, -0.25) is 9.69 Å². The van der Waals surface area contributed by atoms with E-state index >= 15 is 0 Å². The van der Waals surface area contributed by atoms with Crippen molar-refractivity contribution in [1.29, 1.82) is 0 Å². The molecule has 3 heterocycles. The molecule has 3 N–H and O–H groups in total. The van der Waals surface area contributed by atoms with E-state index in [0.29, 0.717) is 31.0 Å². The molecule has 7 nitrogen and oxygen atoms in total. The summed E-state index contributed by atoms with van der Waals surface area (Å²) in [6, 6.07) is 11.3. The molecule has 0 radical (unpaired) electrons. The van der Waals surface area contributed by atoms with Crippen LogP contribution in [0.15, 0.2) is 48.8 Å². The predicted octanol–water partition coefficient (Wildman–Crippen LogP) is 2.75. The van der Waals surface area contributed by atoms with Crippen LogP contribution in [0.3, 0.4) is 0 Å². The third-order valence-corrected chi connectivity index (χ3v) is 4.68. The number of piperidine rings is 1. The van der Waals surface area contributed by atoms with E-state index in [9.17, 15) is 9.90 Å². The van der Waals surface area contributed by atoms with Crippen molar-refractivity contribution in [3.63, 3.8) is 0 Å². The lowest BCUT2D eigenvalue weighted by Crippen LogP contribution is -2.40. The highest BCUT2D eigenvalue weighted by Gasteiger charge is 2.19. The molecule has 1 saturated heterocycles. The topological polar surface area (TPSA) is 90.5 Å². The number of hydrogen-bond acceptors (Lipinski definition) is 5. The Bertz CT molecular complexity index is 932. The molecule has 1 amide bonds. The van der Waals surface area contributed by atoms with E-state index in [0.717, 1.165) is 29.7 Å². The molecule has 0 aliphatic carbocycles. The van der Waals surface area contributed by atoms with Crippen LogP contribution in [0.5, 0.6) is 11.5 Å². The van der Waals surface area contributed by atoms with Gasteiger partial charge >= 0.3 is 0 Å².